The van der Waals surface area contributed by atoms with Crippen LogP contribution in [0, 0.1) is 0 Å². The lowest BCUT2D eigenvalue weighted by Crippen LogP contribution is -2.41. The summed E-state index contributed by atoms with van der Waals surface area (Å²) >= 11 is 0. The number of nitrogens with zero attached hydrogens (tertiary/aromatic N) is 1. The molecule has 1 aromatic carbocycles. The third kappa shape index (κ3) is 3.84. The zero-order chi connectivity index (χ0) is 23.5. The summed E-state index contributed by atoms with van der Waals surface area (Å²) in [5.41, 5.74) is 4.90. The predicted molar refractivity (Wildman–Crippen MR) is 132 cm³/mol. The minimum Gasteiger partial charge on any atom is -0.545 e. The highest BCUT2D eigenvalue weighted by Crippen LogP contribution is 2.44. The molecule has 2 atom stereocenters. The second-order valence-electron chi connectivity index (χ2n) is 11.1. The number of ether oxygens (including phenoxy) is 1. The van der Waals surface area contributed by atoms with Crippen LogP contribution < -0.4 is 10.5 Å². The van der Waals surface area contributed by atoms with E-state index in [2.05, 4.69) is 44.8 Å². The molecule has 5 rings (SSSR count). The van der Waals surface area contributed by atoms with E-state index < -0.39 is 20.5 Å². The fraction of sp³-hybridized carbons (Fsp3) is 0.577. The minimum absolute atomic E-state index is 0.0278. The standard InChI is InChI=1S/C26H35NO5Si/c1-26(2,3)33(4,5)32-21-14-20(30-22(21)15-28)18-13-23(29)31-25-17-9-7-11-27-10-6-8-16(24(17)27)12-19(18)25/h12-14,20,22,28H,6-11,15H2,1-5H3/t20-,22-/m1/s1. The van der Waals surface area contributed by atoms with E-state index in [1.165, 1.54) is 11.3 Å². The van der Waals surface area contributed by atoms with E-state index in [-0.39, 0.29) is 17.3 Å². The van der Waals surface area contributed by atoms with E-state index in [4.69, 9.17) is 13.6 Å². The molecule has 1 aromatic heterocycles. The molecule has 0 saturated heterocycles. The number of aliphatic hydroxyl groups excluding tert-OH is 1. The van der Waals surface area contributed by atoms with Crippen molar-refractivity contribution in [3.63, 3.8) is 0 Å². The van der Waals surface area contributed by atoms with E-state index in [9.17, 15) is 9.90 Å². The molecule has 0 spiro atoms. The first-order valence-corrected chi connectivity index (χ1v) is 15.0. The Morgan fingerprint density at radius 2 is 1.91 bits per heavy atom. The number of benzene rings is 1. The Morgan fingerprint density at radius 1 is 1.18 bits per heavy atom. The second-order valence-corrected chi connectivity index (χ2v) is 15.8. The van der Waals surface area contributed by atoms with Crippen molar-refractivity contribution in [3.05, 3.63) is 51.1 Å². The third-order valence-electron chi connectivity index (χ3n) is 7.85. The Morgan fingerprint density at radius 3 is 2.61 bits per heavy atom. The average Bonchev–Trinajstić information content (AvgIpc) is 3.15. The highest BCUT2D eigenvalue weighted by Gasteiger charge is 2.42. The molecule has 3 aliphatic rings. The summed E-state index contributed by atoms with van der Waals surface area (Å²) in [6.07, 6.45) is 5.13. The van der Waals surface area contributed by atoms with Gasteiger partial charge in [-0.2, -0.15) is 0 Å². The van der Waals surface area contributed by atoms with Crippen LogP contribution in [0.5, 0.6) is 0 Å². The number of aliphatic hydroxyl groups is 1. The predicted octanol–water partition coefficient (Wildman–Crippen LogP) is 4.83. The van der Waals surface area contributed by atoms with Crippen molar-refractivity contribution >= 4 is 25.0 Å². The smallest absolute Gasteiger partial charge is 0.336 e. The van der Waals surface area contributed by atoms with Gasteiger partial charge in [-0.3, -0.25) is 0 Å². The highest BCUT2D eigenvalue weighted by molar-refractivity contribution is 6.74. The summed E-state index contributed by atoms with van der Waals surface area (Å²) in [5.74, 6) is 0.681. The summed E-state index contributed by atoms with van der Waals surface area (Å²) in [6.45, 7) is 12.9. The Kier molecular flexibility index (Phi) is 5.50. The van der Waals surface area contributed by atoms with Gasteiger partial charge in [0.2, 0.25) is 8.32 Å². The number of hydrogen-bond acceptors (Lipinski definition) is 6. The average molecular weight is 470 g/mol. The maximum atomic E-state index is 12.7. The van der Waals surface area contributed by atoms with Gasteiger partial charge in [0.1, 0.15) is 23.6 Å². The van der Waals surface area contributed by atoms with Crippen LogP contribution in [-0.2, 0) is 22.0 Å². The summed E-state index contributed by atoms with van der Waals surface area (Å²) in [5, 5.41) is 11.0. The molecule has 6 nitrogen and oxygen atoms in total. The highest BCUT2D eigenvalue weighted by atomic mass is 28.4. The molecule has 7 heteroatoms. The number of aryl methyl sites for hydroxylation is 2. The fourth-order valence-corrected chi connectivity index (χ4v) is 6.21. The largest absolute Gasteiger partial charge is 0.545 e. The Hall–Kier alpha value is -2.09. The summed E-state index contributed by atoms with van der Waals surface area (Å²) in [7, 11) is -2.10. The molecule has 4 heterocycles. The van der Waals surface area contributed by atoms with Crippen molar-refractivity contribution in [2.75, 3.05) is 24.6 Å². The molecule has 2 aromatic rings. The van der Waals surface area contributed by atoms with Crippen molar-refractivity contribution in [3.8, 4) is 0 Å². The molecule has 0 fully saturated rings. The molecule has 33 heavy (non-hydrogen) atoms. The molecular weight excluding hydrogens is 434 g/mol. The van der Waals surface area contributed by atoms with Gasteiger partial charge in [0.25, 0.3) is 0 Å². The first-order valence-electron chi connectivity index (χ1n) is 12.1. The number of hydrogen-bond donors (Lipinski definition) is 1. The molecule has 0 radical (unpaired) electrons. The van der Waals surface area contributed by atoms with Gasteiger partial charge in [0, 0.05) is 41.4 Å². The Bertz CT molecular complexity index is 1170. The maximum absolute atomic E-state index is 12.7. The van der Waals surface area contributed by atoms with Crippen LogP contribution in [-0.4, -0.2) is 39.2 Å². The van der Waals surface area contributed by atoms with E-state index in [0.717, 1.165) is 55.3 Å². The van der Waals surface area contributed by atoms with Gasteiger partial charge in [0.15, 0.2) is 0 Å². The van der Waals surface area contributed by atoms with Crippen LogP contribution in [0.25, 0.3) is 11.0 Å². The lowest BCUT2D eigenvalue weighted by molar-refractivity contribution is 0.00742. The SMILES string of the molecule is CC(C)(C)[Si](C)(C)OC1=C[C@H](c2cc(=O)oc3c4c5c(cc23)CCCN5CCC4)O[C@@H]1CO. The molecule has 0 bridgehead atoms. The number of fused-ring (bicyclic) bond motifs is 2. The van der Waals surface area contributed by atoms with Crippen molar-refractivity contribution in [1.29, 1.82) is 0 Å². The third-order valence-corrected chi connectivity index (χ3v) is 12.2. The van der Waals surface area contributed by atoms with Crippen LogP contribution in [0.3, 0.4) is 0 Å². The van der Waals surface area contributed by atoms with Gasteiger partial charge < -0.3 is 23.6 Å². The van der Waals surface area contributed by atoms with Gasteiger partial charge >= 0.3 is 5.63 Å². The van der Waals surface area contributed by atoms with Crippen LogP contribution in [0.2, 0.25) is 18.1 Å². The van der Waals surface area contributed by atoms with Crippen LogP contribution in [0.15, 0.2) is 33.2 Å². The normalized spacial score (nSPS) is 23.0. The lowest BCUT2D eigenvalue weighted by atomic mass is 9.88. The lowest BCUT2D eigenvalue weighted by Gasteiger charge is -2.37. The summed E-state index contributed by atoms with van der Waals surface area (Å²) in [4.78, 5) is 15.1. The summed E-state index contributed by atoms with van der Waals surface area (Å²) < 4.78 is 18.6. The zero-order valence-electron chi connectivity index (χ0n) is 20.4. The van der Waals surface area contributed by atoms with Gasteiger partial charge in [-0.25, -0.2) is 4.79 Å². The molecule has 0 saturated carbocycles. The van der Waals surface area contributed by atoms with Crippen molar-refractivity contribution in [2.45, 2.75) is 76.8 Å². The van der Waals surface area contributed by atoms with Gasteiger partial charge in [-0.1, -0.05) is 20.8 Å². The molecule has 3 aliphatic heterocycles. The van der Waals surface area contributed by atoms with E-state index >= 15 is 0 Å². The Labute approximate surface area is 196 Å². The molecule has 178 valence electrons. The van der Waals surface area contributed by atoms with E-state index in [1.54, 1.807) is 6.07 Å². The molecular formula is C26H35NO5Si. The van der Waals surface area contributed by atoms with Crippen LogP contribution >= 0.6 is 0 Å². The topological polar surface area (TPSA) is 72.1 Å². The summed E-state index contributed by atoms with van der Waals surface area (Å²) in [6, 6.07) is 3.75. The quantitative estimate of drug-likeness (QED) is 0.511. The molecule has 0 unspecified atom stereocenters. The minimum atomic E-state index is -2.10. The van der Waals surface area contributed by atoms with Gasteiger partial charge in [-0.05, 0) is 61.5 Å². The first kappa shape index (κ1) is 22.7. The molecule has 0 aliphatic carbocycles. The van der Waals surface area contributed by atoms with E-state index in [0.29, 0.717) is 11.3 Å². The zero-order valence-corrected chi connectivity index (χ0v) is 21.4. The van der Waals surface area contributed by atoms with E-state index in [1.807, 2.05) is 6.08 Å². The molecule has 1 N–H and O–H groups in total. The van der Waals surface area contributed by atoms with Crippen molar-refractivity contribution in [2.24, 2.45) is 0 Å². The van der Waals surface area contributed by atoms with Crippen LogP contribution in [0.1, 0.15) is 56.4 Å². The van der Waals surface area contributed by atoms with Gasteiger partial charge in [-0.15, -0.1) is 0 Å². The fourth-order valence-electron chi connectivity index (χ4n) is 5.12. The monoisotopic (exact) mass is 469 g/mol. The first-order chi connectivity index (χ1) is 15.6. The van der Waals surface area contributed by atoms with Crippen molar-refractivity contribution < 1.29 is 18.7 Å². The molecule has 0 amide bonds. The second kappa shape index (κ2) is 8.00. The number of anilines is 1. The Balaban J connectivity index is 1.62. The van der Waals surface area contributed by atoms with Gasteiger partial charge in [0.05, 0.1) is 6.61 Å². The number of rotatable bonds is 4. The maximum Gasteiger partial charge on any atom is 0.336 e. The van der Waals surface area contributed by atoms with Crippen molar-refractivity contribution in [1.82, 2.24) is 0 Å². The van der Waals surface area contributed by atoms with Crippen LogP contribution in [0.4, 0.5) is 5.69 Å².